The fourth-order valence-corrected chi connectivity index (χ4v) is 4.24. The predicted molar refractivity (Wildman–Crippen MR) is 137 cm³/mol. The lowest BCUT2D eigenvalue weighted by atomic mass is 10.2. The molecule has 3 aromatic heterocycles. The molecule has 0 saturated heterocycles. The average molecular weight is 577 g/mol. The Hall–Kier alpha value is -4.04. The lowest BCUT2D eigenvalue weighted by Crippen LogP contribution is -2.37. The van der Waals surface area contributed by atoms with Crippen molar-refractivity contribution in [1.29, 1.82) is 0 Å². The van der Waals surface area contributed by atoms with E-state index < -0.39 is 24.5 Å². The number of halogens is 4. The molecule has 5 rings (SSSR count). The summed E-state index contributed by atoms with van der Waals surface area (Å²) in [6, 6.07) is 9.30. The Labute approximate surface area is 230 Å². The van der Waals surface area contributed by atoms with E-state index in [0.717, 1.165) is 22.1 Å². The van der Waals surface area contributed by atoms with Crippen LogP contribution in [0.2, 0.25) is 5.02 Å². The molecular weight excluding hydrogens is 553 g/mol. The Morgan fingerprint density at radius 1 is 1.18 bits per heavy atom. The molecule has 0 aliphatic heterocycles. The number of alkyl halides is 3. The third-order valence-corrected chi connectivity index (χ3v) is 6.65. The maximum atomic E-state index is 13.1. The minimum absolute atomic E-state index is 0.0942. The average Bonchev–Trinajstić information content (AvgIpc) is 3.53. The van der Waals surface area contributed by atoms with Crippen LogP contribution in [-0.4, -0.2) is 75.9 Å². The molecular formula is C25H24ClF3N8O3. The molecule has 0 unspecified atom stereocenters. The van der Waals surface area contributed by atoms with Crippen LogP contribution in [0.5, 0.6) is 0 Å². The fraction of sp³-hybridized carbons (Fsp3) is 0.360. The van der Waals surface area contributed by atoms with Gasteiger partial charge in [0.25, 0.3) is 5.91 Å². The third kappa shape index (κ3) is 5.92. The normalized spacial score (nSPS) is 14.3. The summed E-state index contributed by atoms with van der Waals surface area (Å²) in [5.74, 6) is 0.236. The van der Waals surface area contributed by atoms with Gasteiger partial charge in [-0.2, -0.15) is 13.2 Å². The van der Waals surface area contributed by atoms with Gasteiger partial charge in [-0.15, -0.1) is 10.2 Å². The Balaban J connectivity index is 1.44. The van der Waals surface area contributed by atoms with E-state index >= 15 is 0 Å². The second kappa shape index (κ2) is 10.8. The van der Waals surface area contributed by atoms with E-state index in [4.69, 9.17) is 11.6 Å². The number of aliphatic hydroxyl groups excluding tert-OH is 1. The van der Waals surface area contributed by atoms with Gasteiger partial charge in [0, 0.05) is 30.4 Å². The standard InChI is InChI=1S/C25H24ClF3N8O3/c1-34(11-15-4-5-15)23(39)21-18(3-2-10-30-21)37-14-31-20(32-37)13-36-24(40)35(12-19(38)25(27,28)29)22(33-36)16-6-8-17(26)9-7-16/h2-3,6-10,14-15,19,38H,4-5,11-13H2,1H3/t19-/m1/s1. The quantitative estimate of drug-likeness (QED) is 0.325. The first kappa shape index (κ1) is 27.5. The van der Waals surface area contributed by atoms with Gasteiger partial charge in [0.1, 0.15) is 12.9 Å². The summed E-state index contributed by atoms with van der Waals surface area (Å²) < 4.78 is 42.3. The molecule has 1 N–H and O–H groups in total. The summed E-state index contributed by atoms with van der Waals surface area (Å²) >= 11 is 5.92. The van der Waals surface area contributed by atoms with Crippen molar-refractivity contribution in [3.8, 4) is 17.1 Å². The lowest BCUT2D eigenvalue weighted by Gasteiger charge is -2.17. The van der Waals surface area contributed by atoms with E-state index in [9.17, 15) is 27.9 Å². The molecule has 4 aromatic rings. The molecule has 1 saturated carbocycles. The molecule has 15 heteroatoms. The number of carbonyl (C=O) groups is 1. The van der Waals surface area contributed by atoms with Crippen molar-refractivity contribution in [3.63, 3.8) is 0 Å². The summed E-state index contributed by atoms with van der Waals surface area (Å²) in [6.45, 7) is -0.716. The summed E-state index contributed by atoms with van der Waals surface area (Å²) in [6.07, 6.45) is -2.71. The molecule has 210 valence electrons. The van der Waals surface area contributed by atoms with Crippen LogP contribution in [0.25, 0.3) is 17.1 Å². The lowest BCUT2D eigenvalue weighted by molar-refractivity contribution is -0.207. The second-order valence-electron chi connectivity index (χ2n) is 9.54. The Kier molecular flexibility index (Phi) is 7.47. The number of nitrogens with zero attached hydrogens (tertiary/aromatic N) is 8. The van der Waals surface area contributed by atoms with Crippen LogP contribution in [0, 0.1) is 5.92 Å². The molecule has 1 aliphatic carbocycles. The van der Waals surface area contributed by atoms with Gasteiger partial charge in [-0.1, -0.05) is 11.6 Å². The number of carbonyl (C=O) groups excluding carboxylic acids is 1. The second-order valence-corrected chi connectivity index (χ2v) is 9.98. The van der Waals surface area contributed by atoms with Gasteiger partial charge in [-0.3, -0.25) is 9.36 Å². The van der Waals surface area contributed by atoms with Crippen molar-refractivity contribution in [2.45, 2.75) is 38.2 Å². The fourth-order valence-electron chi connectivity index (χ4n) is 4.12. The number of rotatable bonds is 9. The van der Waals surface area contributed by atoms with Crippen LogP contribution in [0.15, 0.2) is 53.7 Å². The first-order valence-corrected chi connectivity index (χ1v) is 12.7. The minimum atomic E-state index is -4.94. The Morgan fingerprint density at radius 3 is 2.58 bits per heavy atom. The van der Waals surface area contributed by atoms with Gasteiger partial charge in [-0.25, -0.2) is 24.1 Å². The van der Waals surface area contributed by atoms with E-state index in [1.807, 2.05) is 0 Å². The van der Waals surface area contributed by atoms with Crippen LogP contribution in [0.3, 0.4) is 0 Å². The minimum Gasteiger partial charge on any atom is -0.382 e. The largest absolute Gasteiger partial charge is 0.416 e. The number of aromatic nitrogens is 7. The van der Waals surface area contributed by atoms with Crippen molar-refractivity contribution in [3.05, 3.63) is 75.9 Å². The molecule has 0 bridgehead atoms. The molecule has 0 radical (unpaired) electrons. The van der Waals surface area contributed by atoms with Crippen LogP contribution >= 0.6 is 11.6 Å². The summed E-state index contributed by atoms with van der Waals surface area (Å²) in [7, 11) is 1.71. The summed E-state index contributed by atoms with van der Waals surface area (Å²) in [5, 5.41) is 18.6. The molecule has 11 nitrogen and oxygen atoms in total. The van der Waals surface area contributed by atoms with Gasteiger partial charge in [0.05, 0.1) is 12.2 Å². The zero-order valence-corrected chi connectivity index (χ0v) is 21.9. The highest BCUT2D eigenvalue weighted by molar-refractivity contribution is 6.30. The monoisotopic (exact) mass is 576 g/mol. The Morgan fingerprint density at radius 2 is 1.90 bits per heavy atom. The van der Waals surface area contributed by atoms with Crippen LogP contribution in [0.1, 0.15) is 29.2 Å². The van der Waals surface area contributed by atoms with Crippen LogP contribution < -0.4 is 5.69 Å². The summed E-state index contributed by atoms with van der Waals surface area (Å²) in [4.78, 5) is 36.2. The highest BCUT2D eigenvalue weighted by atomic mass is 35.5. The van der Waals surface area contributed by atoms with E-state index in [2.05, 4.69) is 20.2 Å². The molecule has 3 heterocycles. The maximum absolute atomic E-state index is 13.1. The van der Waals surface area contributed by atoms with E-state index in [0.29, 0.717) is 28.7 Å². The first-order valence-electron chi connectivity index (χ1n) is 12.3. The maximum Gasteiger partial charge on any atom is 0.416 e. The van der Waals surface area contributed by atoms with Crippen LogP contribution in [0.4, 0.5) is 13.2 Å². The molecule has 40 heavy (non-hydrogen) atoms. The molecule has 0 spiro atoms. The van der Waals surface area contributed by atoms with Crippen molar-refractivity contribution >= 4 is 17.5 Å². The number of amides is 1. The van der Waals surface area contributed by atoms with Gasteiger partial charge < -0.3 is 10.0 Å². The SMILES string of the molecule is CN(CC1CC1)C(=O)c1ncccc1-n1cnc(Cn2nc(-c3ccc(Cl)cc3)n(C[C@@H](O)C(F)(F)F)c2=O)n1. The number of hydrogen-bond acceptors (Lipinski definition) is 7. The van der Waals surface area contributed by atoms with Gasteiger partial charge in [-0.05, 0) is 55.2 Å². The third-order valence-electron chi connectivity index (χ3n) is 6.40. The number of pyridine rings is 1. The van der Waals surface area contributed by atoms with Crippen molar-refractivity contribution in [2.75, 3.05) is 13.6 Å². The molecule has 1 atom stereocenters. The number of aliphatic hydroxyl groups is 1. The Bertz CT molecular complexity index is 1580. The van der Waals surface area contributed by atoms with Gasteiger partial charge in [0.2, 0.25) is 0 Å². The zero-order chi connectivity index (χ0) is 28.6. The highest BCUT2D eigenvalue weighted by Gasteiger charge is 2.39. The molecule has 1 amide bonds. The first-order chi connectivity index (χ1) is 19.0. The van der Waals surface area contributed by atoms with E-state index in [-0.39, 0.29) is 29.8 Å². The van der Waals surface area contributed by atoms with Crippen LogP contribution in [-0.2, 0) is 13.1 Å². The van der Waals surface area contributed by atoms with E-state index in [1.165, 1.54) is 41.5 Å². The molecule has 1 fully saturated rings. The van der Waals surface area contributed by atoms with E-state index in [1.54, 1.807) is 24.1 Å². The van der Waals surface area contributed by atoms with Gasteiger partial charge in [0.15, 0.2) is 23.4 Å². The molecule has 1 aliphatic rings. The van der Waals surface area contributed by atoms with Crippen molar-refractivity contribution in [2.24, 2.45) is 5.92 Å². The smallest absolute Gasteiger partial charge is 0.382 e. The topological polar surface area (TPSA) is 124 Å². The van der Waals surface area contributed by atoms with Crippen molar-refractivity contribution < 1.29 is 23.1 Å². The number of hydrogen-bond donors (Lipinski definition) is 1. The molecule has 1 aromatic carbocycles. The zero-order valence-electron chi connectivity index (χ0n) is 21.2. The number of benzene rings is 1. The predicted octanol–water partition coefficient (Wildman–Crippen LogP) is 2.79. The summed E-state index contributed by atoms with van der Waals surface area (Å²) in [5.41, 5.74) is -0.0258. The highest BCUT2D eigenvalue weighted by Crippen LogP contribution is 2.30. The van der Waals surface area contributed by atoms with Crippen molar-refractivity contribution in [1.82, 2.24) is 39.0 Å². The van der Waals surface area contributed by atoms with Gasteiger partial charge >= 0.3 is 11.9 Å².